The van der Waals surface area contributed by atoms with Crippen molar-refractivity contribution in [1.29, 1.82) is 0 Å². The van der Waals surface area contributed by atoms with Crippen LogP contribution in [0.5, 0.6) is 0 Å². The maximum Gasteiger partial charge on any atom is 0.232 e. The molecule has 0 saturated carbocycles. The highest BCUT2D eigenvalue weighted by molar-refractivity contribution is 7.13. The van der Waals surface area contributed by atoms with Crippen LogP contribution in [0, 0.1) is 6.92 Å². The van der Waals surface area contributed by atoms with Gasteiger partial charge in [-0.2, -0.15) is 5.10 Å². The zero-order chi connectivity index (χ0) is 9.97. The Hall–Kier alpha value is -1.27. The second kappa shape index (κ2) is 3.85. The van der Waals surface area contributed by atoms with Crippen LogP contribution in [0.4, 0.5) is 0 Å². The summed E-state index contributed by atoms with van der Waals surface area (Å²) in [4.78, 5) is 0. The second-order valence-corrected chi connectivity index (χ2v) is 4.01. The Labute approximate surface area is 85.8 Å². The molecule has 0 spiro atoms. The summed E-state index contributed by atoms with van der Waals surface area (Å²) in [5.74, 6) is 0. The molecule has 1 N–H and O–H groups in total. The van der Waals surface area contributed by atoms with Crippen LogP contribution >= 0.6 is 11.3 Å². The van der Waals surface area contributed by atoms with E-state index in [0.717, 1.165) is 22.2 Å². The van der Waals surface area contributed by atoms with Crippen molar-refractivity contribution in [3.05, 3.63) is 23.0 Å². The molecule has 0 saturated heterocycles. The van der Waals surface area contributed by atoms with Crippen LogP contribution in [0.25, 0.3) is 5.13 Å². The molecule has 2 aromatic rings. The normalized spacial score (nSPS) is 10.7. The van der Waals surface area contributed by atoms with Crippen molar-refractivity contribution < 1.29 is 0 Å². The van der Waals surface area contributed by atoms with E-state index in [2.05, 4.69) is 20.6 Å². The van der Waals surface area contributed by atoms with Gasteiger partial charge in [0.25, 0.3) is 0 Å². The number of nitrogens with one attached hydrogen (secondary N) is 1. The lowest BCUT2D eigenvalue weighted by atomic mass is 10.4. The minimum atomic E-state index is 0.748. The fourth-order valence-electron chi connectivity index (χ4n) is 1.08. The lowest BCUT2D eigenvalue weighted by Crippen LogP contribution is -2.04. The molecule has 0 bridgehead atoms. The van der Waals surface area contributed by atoms with E-state index >= 15 is 0 Å². The summed E-state index contributed by atoms with van der Waals surface area (Å²) < 4.78 is 1.74. The number of hydrogen-bond donors (Lipinski definition) is 1. The molecule has 0 aliphatic heterocycles. The maximum atomic E-state index is 4.16. The Morgan fingerprint density at radius 2 is 2.36 bits per heavy atom. The lowest BCUT2D eigenvalue weighted by molar-refractivity contribution is 0.785. The third-order valence-corrected chi connectivity index (χ3v) is 2.60. The molecule has 5 nitrogen and oxygen atoms in total. The van der Waals surface area contributed by atoms with Crippen LogP contribution in [-0.4, -0.2) is 27.0 Å². The number of aryl methyl sites for hydroxylation is 1. The van der Waals surface area contributed by atoms with Crippen molar-refractivity contribution in [3.8, 4) is 5.13 Å². The first kappa shape index (κ1) is 9.29. The third-order valence-electron chi connectivity index (χ3n) is 1.69. The summed E-state index contributed by atoms with van der Waals surface area (Å²) in [6, 6.07) is 0. The molecule has 0 atom stereocenters. The molecule has 74 valence electrons. The van der Waals surface area contributed by atoms with E-state index in [0.29, 0.717) is 0 Å². The van der Waals surface area contributed by atoms with Gasteiger partial charge in [0.05, 0.1) is 6.20 Å². The molecule has 0 amide bonds. The van der Waals surface area contributed by atoms with E-state index in [4.69, 9.17) is 0 Å². The predicted molar refractivity (Wildman–Crippen MR) is 54.5 cm³/mol. The quantitative estimate of drug-likeness (QED) is 0.810. The van der Waals surface area contributed by atoms with Crippen molar-refractivity contribution in [1.82, 2.24) is 25.3 Å². The van der Waals surface area contributed by atoms with Gasteiger partial charge in [-0.1, -0.05) is 11.3 Å². The zero-order valence-corrected chi connectivity index (χ0v) is 8.88. The first-order chi connectivity index (χ1) is 6.79. The Bertz CT molecular complexity index is 419. The van der Waals surface area contributed by atoms with Crippen LogP contribution in [0.3, 0.4) is 0 Å². The topological polar surface area (TPSA) is 55.6 Å². The van der Waals surface area contributed by atoms with Crippen LogP contribution in [0.15, 0.2) is 12.4 Å². The molecular weight excluding hydrogens is 198 g/mol. The van der Waals surface area contributed by atoms with Crippen LogP contribution < -0.4 is 5.32 Å². The smallest absolute Gasteiger partial charge is 0.232 e. The second-order valence-electron chi connectivity index (χ2n) is 2.97. The van der Waals surface area contributed by atoms with Crippen molar-refractivity contribution in [2.75, 3.05) is 7.05 Å². The van der Waals surface area contributed by atoms with Crippen LogP contribution in [0.1, 0.15) is 10.6 Å². The summed E-state index contributed by atoms with van der Waals surface area (Å²) in [7, 11) is 1.89. The Balaban J connectivity index is 2.24. The molecule has 0 unspecified atom stereocenters. The zero-order valence-electron chi connectivity index (χ0n) is 8.06. The molecule has 0 fully saturated rings. The number of rotatable bonds is 3. The van der Waals surface area contributed by atoms with E-state index in [9.17, 15) is 0 Å². The Morgan fingerprint density at radius 1 is 1.50 bits per heavy atom. The number of nitrogens with zero attached hydrogens (tertiary/aromatic N) is 4. The molecule has 6 heteroatoms. The van der Waals surface area contributed by atoms with Crippen molar-refractivity contribution in [2.45, 2.75) is 13.5 Å². The minimum absolute atomic E-state index is 0.748. The van der Waals surface area contributed by atoms with Gasteiger partial charge in [0.2, 0.25) is 5.13 Å². The van der Waals surface area contributed by atoms with Crippen LogP contribution in [-0.2, 0) is 6.54 Å². The average molecular weight is 209 g/mol. The van der Waals surface area contributed by atoms with E-state index < -0.39 is 0 Å². The molecule has 0 aliphatic carbocycles. The van der Waals surface area contributed by atoms with Gasteiger partial charge in [-0.25, -0.2) is 4.68 Å². The molecule has 0 radical (unpaired) electrons. The van der Waals surface area contributed by atoms with Crippen molar-refractivity contribution in [3.63, 3.8) is 0 Å². The first-order valence-electron chi connectivity index (χ1n) is 4.28. The molecule has 0 aromatic carbocycles. The standard InChI is InChI=1S/C8H11N5S/c1-6-3-10-13(5-6)8-12-11-7(14-8)4-9-2/h3,5,9H,4H2,1-2H3. The van der Waals surface area contributed by atoms with Crippen molar-refractivity contribution >= 4 is 11.3 Å². The highest BCUT2D eigenvalue weighted by atomic mass is 32.1. The summed E-state index contributed by atoms with van der Waals surface area (Å²) in [6.45, 7) is 2.75. The monoisotopic (exact) mass is 209 g/mol. The summed E-state index contributed by atoms with van der Waals surface area (Å²) in [5.41, 5.74) is 1.12. The molecule has 2 rings (SSSR count). The highest BCUT2D eigenvalue weighted by Crippen LogP contribution is 2.13. The van der Waals surface area contributed by atoms with Gasteiger partial charge < -0.3 is 5.32 Å². The van der Waals surface area contributed by atoms with E-state index in [1.807, 2.05) is 20.2 Å². The van der Waals surface area contributed by atoms with Gasteiger partial charge in [-0.15, -0.1) is 10.2 Å². The molecule has 0 aliphatic rings. The maximum absolute atomic E-state index is 4.16. The van der Waals surface area contributed by atoms with E-state index in [1.165, 1.54) is 11.3 Å². The van der Waals surface area contributed by atoms with E-state index in [1.54, 1.807) is 10.9 Å². The average Bonchev–Trinajstić information content (AvgIpc) is 2.74. The first-order valence-corrected chi connectivity index (χ1v) is 5.10. The Kier molecular flexibility index (Phi) is 2.55. The van der Waals surface area contributed by atoms with Gasteiger partial charge in [-0.3, -0.25) is 0 Å². The minimum Gasteiger partial charge on any atom is -0.313 e. The number of hydrogen-bond acceptors (Lipinski definition) is 5. The summed E-state index contributed by atoms with van der Waals surface area (Å²) in [5, 5.41) is 17.1. The molecule has 2 aromatic heterocycles. The van der Waals surface area contributed by atoms with Gasteiger partial charge in [0.15, 0.2) is 0 Å². The summed E-state index contributed by atoms with van der Waals surface area (Å²) >= 11 is 1.54. The van der Waals surface area contributed by atoms with Crippen molar-refractivity contribution in [2.24, 2.45) is 0 Å². The highest BCUT2D eigenvalue weighted by Gasteiger charge is 2.05. The molecule has 14 heavy (non-hydrogen) atoms. The van der Waals surface area contributed by atoms with Gasteiger partial charge in [0.1, 0.15) is 5.01 Å². The van der Waals surface area contributed by atoms with E-state index in [-0.39, 0.29) is 0 Å². The molecule has 2 heterocycles. The SMILES string of the molecule is CNCc1nnc(-n2cc(C)cn2)s1. The number of aromatic nitrogens is 4. The van der Waals surface area contributed by atoms with Crippen LogP contribution in [0.2, 0.25) is 0 Å². The largest absolute Gasteiger partial charge is 0.313 e. The third kappa shape index (κ3) is 1.80. The van der Waals surface area contributed by atoms with Gasteiger partial charge in [0, 0.05) is 12.7 Å². The van der Waals surface area contributed by atoms with Gasteiger partial charge >= 0.3 is 0 Å². The predicted octanol–water partition coefficient (Wildman–Crippen LogP) is 0.752. The fourth-order valence-corrected chi connectivity index (χ4v) is 1.86. The van der Waals surface area contributed by atoms with Gasteiger partial charge in [-0.05, 0) is 19.5 Å². The Morgan fingerprint density at radius 3 is 3.00 bits per heavy atom. The summed E-state index contributed by atoms with van der Waals surface area (Å²) in [6.07, 6.45) is 3.74. The lowest BCUT2D eigenvalue weighted by Gasteiger charge is -1.90. The molecular formula is C8H11N5S. The fraction of sp³-hybridized carbons (Fsp3) is 0.375.